The summed E-state index contributed by atoms with van der Waals surface area (Å²) < 4.78 is 32.0. The van der Waals surface area contributed by atoms with Crippen LogP contribution in [0.5, 0.6) is 0 Å². The molecule has 1 heterocycles. The lowest BCUT2D eigenvalue weighted by molar-refractivity contribution is 0.0691. The highest BCUT2D eigenvalue weighted by Crippen LogP contribution is 2.28. The molecule has 1 aromatic heterocycles. The van der Waals surface area contributed by atoms with Crippen molar-refractivity contribution in [3.63, 3.8) is 0 Å². The highest BCUT2D eigenvalue weighted by Gasteiger charge is 2.31. The van der Waals surface area contributed by atoms with Gasteiger partial charge in [0.05, 0.1) is 0 Å². The molecule has 1 fully saturated rings. The first-order chi connectivity index (χ1) is 8.83. The number of carboxylic acid groups (broad SMARTS) is 1. The van der Waals surface area contributed by atoms with Crippen LogP contribution in [0.3, 0.4) is 0 Å². The van der Waals surface area contributed by atoms with Crippen molar-refractivity contribution in [3.05, 3.63) is 17.1 Å². The van der Waals surface area contributed by atoms with Gasteiger partial charge in [0.2, 0.25) is 10.0 Å². The fraction of sp³-hybridized carbons (Fsp3) is 0.583. The zero-order valence-corrected chi connectivity index (χ0v) is 11.7. The molecule has 0 aliphatic heterocycles. The Kier molecular flexibility index (Phi) is 3.69. The maximum absolute atomic E-state index is 12.2. The minimum atomic E-state index is -3.84. The Hall–Kier alpha value is -1.34. The number of aromatic carboxylic acids is 1. The van der Waals surface area contributed by atoms with Gasteiger partial charge in [-0.05, 0) is 32.6 Å². The van der Waals surface area contributed by atoms with Crippen LogP contribution < -0.4 is 4.72 Å². The number of carbonyl (C=O) groups is 1. The molecule has 6 nitrogen and oxygen atoms in total. The summed E-state index contributed by atoms with van der Waals surface area (Å²) in [7, 11) is -3.84. The van der Waals surface area contributed by atoms with Gasteiger partial charge in [-0.3, -0.25) is 0 Å². The van der Waals surface area contributed by atoms with Crippen LogP contribution in [0.15, 0.2) is 9.31 Å². The van der Waals surface area contributed by atoms with E-state index in [1.165, 1.54) is 13.8 Å². The number of nitrogens with one attached hydrogen (secondary N) is 1. The maximum Gasteiger partial charge on any atom is 0.340 e. The molecular weight excluding hydrogens is 270 g/mol. The molecule has 1 saturated carbocycles. The number of sulfonamides is 1. The molecule has 1 aliphatic rings. The van der Waals surface area contributed by atoms with Gasteiger partial charge in [-0.15, -0.1) is 0 Å². The van der Waals surface area contributed by atoms with Crippen LogP contribution in [-0.2, 0) is 10.0 Å². The molecule has 0 radical (unpaired) electrons. The lowest BCUT2D eigenvalue weighted by Gasteiger charge is -2.25. The molecule has 7 heteroatoms. The van der Waals surface area contributed by atoms with Crippen LogP contribution in [0.4, 0.5) is 0 Å². The Morgan fingerprint density at radius 1 is 1.37 bits per heavy atom. The predicted molar refractivity (Wildman–Crippen MR) is 67.7 cm³/mol. The zero-order valence-electron chi connectivity index (χ0n) is 10.9. The van der Waals surface area contributed by atoms with Crippen LogP contribution in [-0.4, -0.2) is 26.0 Å². The first kappa shape index (κ1) is 14.1. The molecule has 1 aliphatic carbocycles. The molecule has 106 valence electrons. The number of furan rings is 1. The Balaban J connectivity index is 2.31. The summed E-state index contributed by atoms with van der Waals surface area (Å²) in [5.41, 5.74) is -0.279. The number of hydrogen-bond donors (Lipinski definition) is 2. The molecule has 0 bridgehead atoms. The lowest BCUT2D eigenvalue weighted by atomic mass is 9.86. The SMILES string of the molecule is Cc1oc(C)c(S(=O)(=O)NCC2CCC2)c1C(=O)O. The van der Waals surface area contributed by atoms with E-state index in [4.69, 9.17) is 9.52 Å². The lowest BCUT2D eigenvalue weighted by Crippen LogP contribution is -2.33. The van der Waals surface area contributed by atoms with Gasteiger partial charge in [-0.25, -0.2) is 17.9 Å². The molecule has 0 saturated heterocycles. The third-order valence-corrected chi connectivity index (χ3v) is 5.05. The molecule has 2 rings (SSSR count). The molecule has 0 atom stereocenters. The molecular formula is C12H17NO5S. The zero-order chi connectivity index (χ0) is 14.2. The van der Waals surface area contributed by atoms with E-state index in [1.807, 2.05) is 0 Å². The van der Waals surface area contributed by atoms with Crippen molar-refractivity contribution in [2.75, 3.05) is 6.54 Å². The summed E-state index contributed by atoms with van der Waals surface area (Å²) in [6.07, 6.45) is 3.14. The van der Waals surface area contributed by atoms with Crippen molar-refractivity contribution in [1.29, 1.82) is 0 Å². The average molecular weight is 287 g/mol. The summed E-state index contributed by atoms with van der Waals surface area (Å²) in [6, 6.07) is 0. The van der Waals surface area contributed by atoms with Crippen molar-refractivity contribution in [2.45, 2.75) is 38.0 Å². The Morgan fingerprint density at radius 3 is 2.47 bits per heavy atom. The average Bonchev–Trinajstić information content (AvgIpc) is 2.51. The fourth-order valence-electron chi connectivity index (χ4n) is 2.23. The Morgan fingerprint density at radius 2 is 2.00 bits per heavy atom. The second-order valence-corrected chi connectivity index (χ2v) is 6.58. The van der Waals surface area contributed by atoms with E-state index < -0.39 is 16.0 Å². The van der Waals surface area contributed by atoms with E-state index in [-0.39, 0.29) is 22.0 Å². The van der Waals surface area contributed by atoms with Gasteiger partial charge in [0, 0.05) is 6.54 Å². The van der Waals surface area contributed by atoms with Crippen LogP contribution in [0, 0.1) is 19.8 Å². The molecule has 1 aromatic rings. The summed E-state index contributed by atoms with van der Waals surface area (Å²) in [5.74, 6) is -0.722. The number of carboxylic acids is 1. The van der Waals surface area contributed by atoms with Gasteiger partial charge in [-0.1, -0.05) is 6.42 Å². The predicted octanol–water partition coefficient (Wildman–Crippen LogP) is 1.67. The van der Waals surface area contributed by atoms with Crippen molar-refractivity contribution in [3.8, 4) is 0 Å². The van der Waals surface area contributed by atoms with Crippen molar-refractivity contribution in [1.82, 2.24) is 4.72 Å². The minimum absolute atomic E-state index is 0.106. The summed E-state index contributed by atoms with van der Waals surface area (Å²) in [6.45, 7) is 3.25. The van der Waals surface area contributed by atoms with Gasteiger partial charge in [-0.2, -0.15) is 0 Å². The number of hydrogen-bond acceptors (Lipinski definition) is 4. The van der Waals surface area contributed by atoms with Gasteiger partial charge >= 0.3 is 5.97 Å². The molecule has 19 heavy (non-hydrogen) atoms. The summed E-state index contributed by atoms with van der Waals surface area (Å²) in [4.78, 5) is 10.9. The number of aryl methyl sites for hydroxylation is 2. The first-order valence-corrected chi connectivity index (χ1v) is 7.64. The van der Waals surface area contributed by atoms with Gasteiger partial charge in [0.15, 0.2) is 0 Å². The largest absolute Gasteiger partial charge is 0.478 e. The van der Waals surface area contributed by atoms with Crippen LogP contribution in [0.25, 0.3) is 0 Å². The van der Waals surface area contributed by atoms with E-state index in [0.29, 0.717) is 12.5 Å². The molecule has 0 amide bonds. The summed E-state index contributed by atoms with van der Waals surface area (Å²) in [5, 5.41) is 9.11. The van der Waals surface area contributed by atoms with Crippen LogP contribution in [0.1, 0.15) is 41.1 Å². The second kappa shape index (κ2) is 4.97. The standard InChI is InChI=1S/C12H17NO5S/c1-7-10(12(14)15)11(8(2)18-7)19(16,17)13-6-9-4-3-5-9/h9,13H,3-6H2,1-2H3,(H,14,15). The molecule has 0 spiro atoms. The fourth-order valence-corrected chi connectivity index (χ4v) is 3.75. The number of rotatable bonds is 5. The van der Waals surface area contributed by atoms with Gasteiger partial charge in [0.25, 0.3) is 0 Å². The van der Waals surface area contributed by atoms with Crippen LogP contribution in [0.2, 0.25) is 0 Å². The first-order valence-electron chi connectivity index (χ1n) is 6.16. The van der Waals surface area contributed by atoms with Crippen LogP contribution >= 0.6 is 0 Å². The van der Waals surface area contributed by atoms with E-state index in [0.717, 1.165) is 19.3 Å². The van der Waals surface area contributed by atoms with E-state index in [1.54, 1.807) is 0 Å². The summed E-state index contributed by atoms with van der Waals surface area (Å²) >= 11 is 0. The quantitative estimate of drug-likeness (QED) is 0.858. The molecule has 2 N–H and O–H groups in total. The van der Waals surface area contributed by atoms with Crippen molar-refractivity contribution >= 4 is 16.0 Å². The third-order valence-electron chi connectivity index (χ3n) is 3.47. The second-order valence-electron chi connectivity index (χ2n) is 4.87. The van der Waals surface area contributed by atoms with Gasteiger partial charge in [0.1, 0.15) is 22.0 Å². The maximum atomic E-state index is 12.2. The van der Waals surface area contributed by atoms with E-state index in [2.05, 4.69) is 4.72 Å². The van der Waals surface area contributed by atoms with Gasteiger partial charge < -0.3 is 9.52 Å². The van der Waals surface area contributed by atoms with Crippen molar-refractivity contribution < 1.29 is 22.7 Å². The molecule has 0 aromatic carbocycles. The Bertz CT molecular complexity index is 598. The van der Waals surface area contributed by atoms with Crippen molar-refractivity contribution in [2.24, 2.45) is 5.92 Å². The third kappa shape index (κ3) is 2.66. The van der Waals surface area contributed by atoms with E-state index >= 15 is 0 Å². The smallest absolute Gasteiger partial charge is 0.340 e. The Labute approximate surface area is 111 Å². The highest BCUT2D eigenvalue weighted by atomic mass is 32.2. The topological polar surface area (TPSA) is 96.6 Å². The monoisotopic (exact) mass is 287 g/mol. The highest BCUT2D eigenvalue weighted by molar-refractivity contribution is 7.89. The van der Waals surface area contributed by atoms with E-state index in [9.17, 15) is 13.2 Å². The normalized spacial score (nSPS) is 16.3. The minimum Gasteiger partial charge on any atom is -0.478 e. The molecule has 0 unspecified atom stereocenters.